The average molecular weight is 335 g/mol. The normalized spacial score (nSPS) is 12.6. The molecule has 1 atom stereocenters. The van der Waals surface area contributed by atoms with E-state index in [0.29, 0.717) is 13.1 Å². The molecule has 2 aromatic heterocycles. The lowest BCUT2D eigenvalue weighted by atomic mass is 10.2. The number of aromatic nitrogens is 2. The molecule has 0 fully saturated rings. The van der Waals surface area contributed by atoms with Gasteiger partial charge in [0.05, 0.1) is 13.2 Å². The third-order valence-corrected chi connectivity index (χ3v) is 4.80. The van der Waals surface area contributed by atoms with E-state index in [1.165, 1.54) is 4.88 Å². The highest BCUT2D eigenvalue weighted by molar-refractivity contribution is 7.11. The largest absolute Gasteiger partial charge is 0.395 e. The quantitative estimate of drug-likeness (QED) is 0.846. The van der Waals surface area contributed by atoms with Crippen molar-refractivity contribution in [3.63, 3.8) is 0 Å². The Morgan fingerprint density at radius 3 is 2.70 bits per heavy atom. The van der Waals surface area contributed by atoms with Gasteiger partial charge in [0.1, 0.15) is 11.9 Å². The maximum Gasteiger partial charge on any atom is 0.245 e. The second-order valence-corrected chi connectivity index (χ2v) is 7.39. The molecule has 0 saturated heterocycles. The lowest BCUT2D eigenvalue weighted by Crippen LogP contribution is -2.37. The molecular weight excluding hydrogens is 310 g/mol. The maximum atomic E-state index is 12.9. The highest BCUT2D eigenvalue weighted by Crippen LogP contribution is 2.22. The van der Waals surface area contributed by atoms with Gasteiger partial charge in [-0.3, -0.25) is 4.79 Å². The Morgan fingerprint density at radius 1 is 1.39 bits per heavy atom. The molecule has 0 aromatic carbocycles. The predicted octanol–water partition coefficient (Wildman–Crippen LogP) is 2.96. The van der Waals surface area contributed by atoms with Gasteiger partial charge in [0.15, 0.2) is 0 Å². The summed E-state index contributed by atoms with van der Waals surface area (Å²) in [6.07, 6.45) is 3.59. The van der Waals surface area contributed by atoms with Crippen molar-refractivity contribution < 1.29 is 9.90 Å². The number of aliphatic hydroxyl groups excluding tert-OH is 1. The van der Waals surface area contributed by atoms with Crippen LogP contribution in [-0.4, -0.2) is 38.6 Å². The van der Waals surface area contributed by atoms with E-state index in [0.717, 1.165) is 10.7 Å². The van der Waals surface area contributed by atoms with Crippen LogP contribution < -0.4 is 0 Å². The highest BCUT2D eigenvalue weighted by atomic mass is 32.1. The molecule has 2 heterocycles. The van der Waals surface area contributed by atoms with Crippen molar-refractivity contribution in [3.05, 3.63) is 40.1 Å². The standard InChI is InChI=1S/C17H25N3O2S/c1-12(2)16-18-7-8-20(16)14(4)17(22)19(9-10-21)11-15-6-5-13(3)23-15/h5-8,12,14,21H,9-11H2,1-4H3. The predicted molar refractivity (Wildman–Crippen MR) is 92.6 cm³/mol. The fourth-order valence-corrected chi connectivity index (χ4v) is 3.53. The van der Waals surface area contributed by atoms with Gasteiger partial charge >= 0.3 is 0 Å². The first-order valence-corrected chi connectivity index (χ1v) is 8.73. The van der Waals surface area contributed by atoms with E-state index in [1.807, 2.05) is 23.8 Å². The molecule has 0 aliphatic carbocycles. The van der Waals surface area contributed by atoms with Crippen LogP contribution in [0.2, 0.25) is 0 Å². The van der Waals surface area contributed by atoms with Gasteiger partial charge in [0.25, 0.3) is 0 Å². The Balaban J connectivity index is 2.17. The van der Waals surface area contributed by atoms with Crippen LogP contribution in [0.4, 0.5) is 0 Å². The van der Waals surface area contributed by atoms with E-state index in [-0.39, 0.29) is 24.5 Å². The van der Waals surface area contributed by atoms with E-state index in [4.69, 9.17) is 0 Å². The fraction of sp³-hybridized carbons (Fsp3) is 0.529. The van der Waals surface area contributed by atoms with E-state index < -0.39 is 0 Å². The monoisotopic (exact) mass is 335 g/mol. The van der Waals surface area contributed by atoms with Gasteiger partial charge in [0, 0.05) is 34.6 Å². The van der Waals surface area contributed by atoms with Crippen molar-refractivity contribution in [2.45, 2.75) is 46.2 Å². The summed E-state index contributed by atoms with van der Waals surface area (Å²) >= 11 is 1.68. The van der Waals surface area contributed by atoms with Crippen LogP contribution in [0.5, 0.6) is 0 Å². The molecule has 0 bridgehead atoms. The zero-order chi connectivity index (χ0) is 17.0. The summed E-state index contributed by atoms with van der Waals surface area (Å²) in [4.78, 5) is 21.3. The van der Waals surface area contributed by atoms with Crippen LogP contribution >= 0.6 is 11.3 Å². The first kappa shape index (κ1) is 17.7. The number of thiophene rings is 1. The van der Waals surface area contributed by atoms with Crippen LogP contribution in [0.1, 0.15) is 48.3 Å². The van der Waals surface area contributed by atoms with E-state index in [2.05, 4.69) is 31.8 Å². The highest BCUT2D eigenvalue weighted by Gasteiger charge is 2.24. The summed E-state index contributed by atoms with van der Waals surface area (Å²) in [5, 5.41) is 9.31. The Bertz CT molecular complexity index is 648. The number of amides is 1. The number of hydrogen-bond donors (Lipinski definition) is 1. The maximum absolute atomic E-state index is 12.9. The summed E-state index contributed by atoms with van der Waals surface area (Å²) in [7, 11) is 0. The van der Waals surface area contributed by atoms with Gasteiger partial charge < -0.3 is 14.6 Å². The van der Waals surface area contributed by atoms with Gasteiger partial charge in [0.2, 0.25) is 5.91 Å². The van der Waals surface area contributed by atoms with Crippen LogP contribution in [0.15, 0.2) is 24.5 Å². The second kappa shape index (κ2) is 7.75. The lowest BCUT2D eigenvalue weighted by molar-refractivity contribution is -0.135. The van der Waals surface area contributed by atoms with Gasteiger partial charge in [-0.15, -0.1) is 11.3 Å². The number of rotatable bonds is 7. The molecule has 23 heavy (non-hydrogen) atoms. The van der Waals surface area contributed by atoms with Gasteiger partial charge in [-0.25, -0.2) is 4.98 Å². The third kappa shape index (κ3) is 4.20. The number of carbonyl (C=O) groups is 1. The Hall–Kier alpha value is -1.66. The zero-order valence-electron chi connectivity index (χ0n) is 14.2. The second-order valence-electron chi connectivity index (χ2n) is 6.02. The van der Waals surface area contributed by atoms with E-state index in [9.17, 15) is 9.90 Å². The number of hydrogen-bond acceptors (Lipinski definition) is 4. The van der Waals surface area contributed by atoms with E-state index in [1.54, 1.807) is 22.4 Å². The topological polar surface area (TPSA) is 58.4 Å². The number of imidazole rings is 1. The van der Waals surface area contributed by atoms with Crippen molar-refractivity contribution in [3.8, 4) is 0 Å². The first-order valence-electron chi connectivity index (χ1n) is 7.91. The summed E-state index contributed by atoms with van der Waals surface area (Å²) in [6.45, 7) is 8.91. The molecule has 126 valence electrons. The zero-order valence-corrected chi connectivity index (χ0v) is 15.0. The lowest BCUT2D eigenvalue weighted by Gasteiger charge is -2.26. The van der Waals surface area contributed by atoms with Crippen LogP contribution in [0.3, 0.4) is 0 Å². The average Bonchev–Trinajstić information content (AvgIpc) is 3.14. The molecule has 0 aliphatic rings. The first-order chi connectivity index (χ1) is 10.9. The number of nitrogens with zero attached hydrogens (tertiary/aromatic N) is 3. The Kier molecular flexibility index (Phi) is 5.96. The molecule has 0 spiro atoms. The minimum absolute atomic E-state index is 0.00463. The van der Waals surface area contributed by atoms with Crippen LogP contribution in [0.25, 0.3) is 0 Å². The fourth-order valence-electron chi connectivity index (χ4n) is 2.63. The van der Waals surface area contributed by atoms with Crippen LogP contribution in [-0.2, 0) is 11.3 Å². The Labute approximate surface area is 141 Å². The number of aliphatic hydroxyl groups is 1. The molecule has 2 rings (SSSR count). The molecule has 0 aliphatic heterocycles. The molecule has 1 N–H and O–H groups in total. The minimum atomic E-state index is -0.331. The van der Waals surface area contributed by atoms with Crippen molar-refractivity contribution >= 4 is 17.2 Å². The third-order valence-electron chi connectivity index (χ3n) is 3.81. The molecule has 1 unspecified atom stereocenters. The molecule has 0 saturated carbocycles. The summed E-state index contributed by atoms with van der Waals surface area (Å²) < 4.78 is 1.93. The number of carbonyl (C=O) groups excluding carboxylic acids is 1. The smallest absolute Gasteiger partial charge is 0.245 e. The molecule has 1 amide bonds. The Morgan fingerprint density at radius 2 is 2.13 bits per heavy atom. The van der Waals surface area contributed by atoms with Crippen molar-refractivity contribution in [1.29, 1.82) is 0 Å². The number of aryl methyl sites for hydroxylation is 1. The van der Waals surface area contributed by atoms with Crippen molar-refractivity contribution in [1.82, 2.24) is 14.5 Å². The summed E-state index contributed by atoms with van der Waals surface area (Å²) in [6, 6.07) is 3.76. The SMILES string of the molecule is Cc1ccc(CN(CCO)C(=O)C(C)n2ccnc2C(C)C)s1. The van der Waals surface area contributed by atoms with E-state index >= 15 is 0 Å². The van der Waals surface area contributed by atoms with Crippen LogP contribution in [0, 0.1) is 6.92 Å². The molecular formula is C17H25N3O2S. The molecule has 5 nitrogen and oxygen atoms in total. The van der Waals surface area contributed by atoms with Crippen molar-refractivity contribution in [2.24, 2.45) is 0 Å². The van der Waals surface area contributed by atoms with Gasteiger partial charge in [-0.1, -0.05) is 13.8 Å². The summed E-state index contributed by atoms with van der Waals surface area (Å²) in [5.74, 6) is 1.17. The molecule has 2 aromatic rings. The summed E-state index contributed by atoms with van der Waals surface area (Å²) in [5.41, 5.74) is 0. The van der Waals surface area contributed by atoms with Gasteiger partial charge in [-0.05, 0) is 26.0 Å². The molecule has 6 heteroatoms. The van der Waals surface area contributed by atoms with Crippen molar-refractivity contribution in [2.75, 3.05) is 13.2 Å². The minimum Gasteiger partial charge on any atom is -0.395 e. The molecule has 0 radical (unpaired) electrons. The van der Waals surface area contributed by atoms with Gasteiger partial charge in [-0.2, -0.15) is 0 Å².